The number of aromatic nitrogens is 2. The van der Waals surface area contributed by atoms with Gasteiger partial charge in [-0.3, -0.25) is 4.79 Å². The average Bonchev–Trinajstić information content (AvgIpc) is 3.24. The molecule has 0 spiro atoms. The molecule has 2 aliphatic rings. The molecule has 1 aromatic heterocycles. The maximum atomic E-state index is 13.3. The number of fused-ring (bicyclic) bond motifs is 1. The molecule has 1 saturated heterocycles. The predicted octanol–water partition coefficient (Wildman–Crippen LogP) is 2.99. The molecular formula is C21H25N3O3. The summed E-state index contributed by atoms with van der Waals surface area (Å²) in [6.07, 6.45) is 4.05. The summed E-state index contributed by atoms with van der Waals surface area (Å²) < 4.78 is 1.87. The third-order valence-corrected chi connectivity index (χ3v) is 5.82. The molecule has 0 radical (unpaired) electrons. The van der Waals surface area contributed by atoms with Crippen molar-refractivity contribution >= 4 is 11.9 Å². The highest BCUT2D eigenvalue weighted by Crippen LogP contribution is 2.31. The van der Waals surface area contributed by atoms with Crippen molar-refractivity contribution in [3.63, 3.8) is 0 Å². The summed E-state index contributed by atoms with van der Waals surface area (Å²) in [5.41, 5.74) is 4.62. The zero-order chi connectivity index (χ0) is 19.1. The van der Waals surface area contributed by atoms with Crippen LogP contribution in [0.25, 0.3) is 5.69 Å². The first-order chi connectivity index (χ1) is 13.0. The molecule has 1 N–H and O–H groups in total. The molecular weight excluding hydrogens is 342 g/mol. The van der Waals surface area contributed by atoms with Gasteiger partial charge in [0.25, 0.3) is 5.91 Å². The predicted molar refractivity (Wildman–Crippen MR) is 101 cm³/mol. The highest BCUT2D eigenvalue weighted by molar-refractivity contribution is 5.96. The van der Waals surface area contributed by atoms with Gasteiger partial charge in [0.1, 0.15) is 6.04 Å². The van der Waals surface area contributed by atoms with Gasteiger partial charge in [0, 0.05) is 17.8 Å². The fourth-order valence-electron chi connectivity index (χ4n) is 4.26. The minimum atomic E-state index is -0.926. The van der Waals surface area contributed by atoms with Gasteiger partial charge in [0.05, 0.1) is 5.69 Å². The minimum Gasteiger partial charge on any atom is -0.480 e. The van der Waals surface area contributed by atoms with E-state index in [-0.39, 0.29) is 5.91 Å². The van der Waals surface area contributed by atoms with Gasteiger partial charge in [0.15, 0.2) is 5.69 Å². The van der Waals surface area contributed by atoms with Crippen LogP contribution in [0.3, 0.4) is 0 Å². The lowest BCUT2D eigenvalue weighted by Crippen LogP contribution is -2.50. The SMILES string of the molecule is Cc1ccc(-n2nc(C(=O)N3CCC(C)CC3C(=O)O)c3c2CCC3)cc1. The van der Waals surface area contributed by atoms with Crippen molar-refractivity contribution < 1.29 is 14.7 Å². The Bertz CT molecular complexity index is 885. The molecule has 2 aromatic rings. The lowest BCUT2D eigenvalue weighted by Gasteiger charge is -2.35. The van der Waals surface area contributed by atoms with E-state index >= 15 is 0 Å². The van der Waals surface area contributed by atoms with E-state index in [1.165, 1.54) is 10.5 Å². The second-order valence-corrected chi connectivity index (χ2v) is 7.86. The Morgan fingerprint density at radius 2 is 1.93 bits per heavy atom. The van der Waals surface area contributed by atoms with Crippen molar-refractivity contribution in [1.29, 1.82) is 0 Å². The minimum absolute atomic E-state index is 0.238. The molecule has 142 valence electrons. The number of benzene rings is 1. The van der Waals surface area contributed by atoms with Crippen LogP contribution in [0.5, 0.6) is 0 Å². The van der Waals surface area contributed by atoms with Crippen molar-refractivity contribution in [1.82, 2.24) is 14.7 Å². The van der Waals surface area contributed by atoms with Crippen LogP contribution in [0, 0.1) is 12.8 Å². The van der Waals surface area contributed by atoms with Crippen molar-refractivity contribution in [2.75, 3.05) is 6.54 Å². The first-order valence-electron chi connectivity index (χ1n) is 9.67. The zero-order valence-corrected chi connectivity index (χ0v) is 15.8. The second-order valence-electron chi connectivity index (χ2n) is 7.86. The number of hydrogen-bond donors (Lipinski definition) is 1. The topological polar surface area (TPSA) is 75.4 Å². The van der Waals surface area contributed by atoms with E-state index in [2.05, 4.69) is 5.10 Å². The van der Waals surface area contributed by atoms with Crippen molar-refractivity contribution in [3.05, 3.63) is 46.8 Å². The summed E-state index contributed by atoms with van der Waals surface area (Å²) in [4.78, 5) is 26.5. The van der Waals surface area contributed by atoms with Crippen LogP contribution in [0.1, 0.15) is 53.5 Å². The van der Waals surface area contributed by atoms with Crippen LogP contribution in [0.4, 0.5) is 0 Å². The van der Waals surface area contributed by atoms with Crippen molar-refractivity contribution in [3.8, 4) is 5.69 Å². The number of aryl methyl sites for hydroxylation is 1. The number of likely N-dealkylation sites (tertiary alicyclic amines) is 1. The number of aliphatic carboxylic acids is 1. The number of carboxylic acid groups (broad SMARTS) is 1. The Balaban J connectivity index is 1.71. The van der Waals surface area contributed by atoms with Crippen LogP contribution in [0.2, 0.25) is 0 Å². The van der Waals surface area contributed by atoms with Crippen LogP contribution >= 0.6 is 0 Å². The Morgan fingerprint density at radius 1 is 1.19 bits per heavy atom. The molecule has 1 aromatic carbocycles. The number of carbonyl (C=O) groups excluding carboxylic acids is 1. The molecule has 2 heterocycles. The molecule has 4 rings (SSSR count). The van der Waals surface area contributed by atoms with Gasteiger partial charge >= 0.3 is 5.97 Å². The van der Waals surface area contributed by atoms with Crippen LogP contribution in [-0.2, 0) is 17.6 Å². The van der Waals surface area contributed by atoms with E-state index in [1.54, 1.807) is 0 Å². The van der Waals surface area contributed by atoms with E-state index in [4.69, 9.17) is 0 Å². The molecule has 6 heteroatoms. The molecule has 1 fully saturated rings. The molecule has 1 aliphatic heterocycles. The summed E-state index contributed by atoms with van der Waals surface area (Å²) in [5, 5.41) is 14.3. The molecule has 6 nitrogen and oxygen atoms in total. The van der Waals surface area contributed by atoms with E-state index in [0.29, 0.717) is 24.6 Å². The van der Waals surface area contributed by atoms with Crippen molar-refractivity contribution in [2.45, 2.75) is 52.0 Å². The zero-order valence-electron chi connectivity index (χ0n) is 15.8. The molecule has 27 heavy (non-hydrogen) atoms. The number of nitrogens with zero attached hydrogens (tertiary/aromatic N) is 3. The monoisotopic (exact) mass is 367 g/mol. The van der Waals surface area contributed by atoms with Gasteiger partial charge in [-0.1, -0.05) is 24.6 Å². The Morgan fingerprint density at radius 3 is 2.63 bits per heavy atom. The lowest BCUT2D eigenvalue weighted by molar-refractivity contribution is -0.144. The molecule has 2 unspecified atom stereocenters. The summed E-state index contributed by atoms with van der Waals surface area (Å²) in [6.45, 7) is 4.56. The maximum Gasteiger partial charge on any atom is 0.326 e. The van der Waals surface area contributed by atoms with Crippen LogP contribution in [-0.4, -0.2) is 44.3 Å². The van der Waals surface area contributed by atoms with Gasteiger partial charge in [-0.25, -0.2) is 9.48 Å². The number of rotatable bonds is 3. The maximum absolute atomic E-state index is 13.3. The van der Waals surface area contributed by atoms with Gasteiger partial charge in [-0.05, 0) is 57.1 Å². The Labute approximate surface area is 158 Å². The van der Waals surface area contributed by atoms with E-state index in [1.807, 2.05) is 42.8 Å². The average molecular weight is 367 g/mol. The smallest absolute Gasteiger partial charge is 0.326 e. The number of hydrogen-bond acceptors (Lipinski definition) is 3. The van der Waals surface area contributed by atoms with Gasteiger partial charge < -0.3 is 10.0 Å². The van der Waals surface area contributed by atoms with E-state index in [0.717, 1.165) is 42.6 Å². The van der Waals surface area contributed by atoms with Crippen LogP contribution in [0.15, 0.2) is 24.3 Å². The molecule has 1 aliphatic carbocycles. The Kier molecular flexibility index (Phi) is 4.50. The highest BCUT2D eigenvalue weighted by atomic mass is 16.4. The molecule has 2 atom stereocenters. The van der Waals surface area contributed by atoms with E-state index < -0.39 is 12.0 Å². The third kappa shape index (κ3) is 3.13. The largest absolute Gasteiger partial charge is 0.480 e. The first kappa shape index (κ1) is 17.8. The first-order valence-corrected chi connectivity index (χ1v) is 9.67. The number of amides is 1. The summed E-state index contributed by atoms with van der Waals surface area (Å²) >= 11 is 0. The molecule has 1 amide bonds. The fourth-order valence-corrected chi connectivity index (χ4v) is 4.26. The van der Waals surface area contributed by atoms with Crippen LogP contribution < -0.4 is 0 Å². The van der Waals surface area contributed by atoms with E-state index in [9.17, 15) is 14.7 Å². The molecule has 0 saturated carbocycles. The van der Waals surface area contributed by atoms with Crippen molar-refractivity contribution in [2.24, 2.45) is 5.92 Å². The normalized spacial score (nSPS) is 21.9. The van der Waals surface area contributed by atoms with Gasteiger partial charge in [-0.15, -0.1) is 0 Å². The summed E-state index contributed by atoms with van der Waals surface area (Å²) in [7, 11) is 0. The number of carbonyl (C=O) groups is 2. The Hall–Kier alpha value is -2.63. The fraction of sp³-hybridized carbons (Fsp3) is 0.476. The lowest BCUT2D eigenvalue weighted by atomic mass is 9.92. The number of piperidine rings is 1. The third-order valence-electron chi connectivity index (χ3n) is 5.82. The highest BCUT2D eigenvalue weighted by Gasteiger charge is 2.38. The summed E-state index contributed by atoms with van der Waals surface area (Å²) in [5.74, 6) is -0.853. The quantitative estimate of drug-likeness (QED) is 0.905. The molecule has 0 bridgehead atoms. The summed E-state index contributed by atoms with van der Waals surface area (Å²) in [6, 6.07) is 7.33. The number of carboxylic acids is 1. The van der Waals surface area contributed by atoms with Gasteiger partial charge in [-0.2, -0.15) is 5.10 Å². The standard InChI is InChI=1S/C21H25N3O3/c1-13-6-8-15(9-7-13)24-17-5-3-4-16(17)19(22-24)20(25)23-11-10-14(2)12-18(23)21(26)27/h6-9,14,18H,3-5,10-12H2,1-2H3,(H,26,27). The van der Waals surface area contributed by atoms with Gasteiger partial charge in [0.2, 0.25) is 0 Å². The second kappa shape index (κ2) is 6.83.